The molecule has 0 aliphatic carbocycles. The zero-order chi connectivity index (χ0) is 9.23. The van der Waals surface area contributed by atoms with Gasteiger partial charge in [0.05, 0.1) is 5.16 Å². The molecule has 0 aromatic rings. The minimum Gasteiger partial charge on any atom is -0.260 e. The van der Waals surface area contributed by atoms with E-state index in [1.807, 2.05) is 0 Å². The molecule has 1 atom stereocenters. The van der Waals surface area contributed by atoms with Gasteiger partial charge in [-0.1, -0.05) is 12.8 Å². The molecule has 0 saturated heterocycles. The van der Waals surface area contributed by atoms with Gasteiger partial charge < -0.3 is 0 Å². The summed E-state index contributed by atoms with van der Waals surface area (Å²) < 4.78 is 10.6. The molecule has 0 aromatic heterocycles. The predicted octanol–water partition coefficient (Wildman–Crippen LogP) is 2.03. The second-order valence-corrected chi connectivity index (χ2v) is 4.40. The van der Waals surface area contributed by atoms with E-state index in [0.29, 0.717) is 0 Å². The Labute approximate surface area is 81.9 Å². The highest BCUT2D eigenvalue weighted by atomic mass is 32.2. The van der Waals surface area contributed by atoms with Gasteiger partial charge >= 0.3 is 0 Å². The molecule has 0 aliphatic heterocycles. The van der Waals surface area contributed by atoms with Gasteiger partial charge in [0.1, 0.15) is 0 Å². The molecule has 0 amide bonds. The lowest BCUT2D eigenvalue weighted by Gasteiger charge is -1.96. The summed E-state index contributed by atoms with van der Waals surface area (Å²) in [6.07, 6.45) is 6.17. The van der Waals surface area contributed by atoms with Gasteiger partial charge in [-0.05, 0) is 25.1 Å². The summed E-state index contributed by atoms with van der Waals surface area (Å²) in [5.74, 6) is 0.830. The number of nitrogens with zero attached hydrogens (tertiary/aromatic N) is 1. The average molecular weight is 205 g/mol. The lowest BCUT2D eigenvalue weighted by molar-refractivity contribution is 0.662. The van der Waals surface area contributed by atoms with Crippen LogP contribution in [0.5, 0.6) is 0 Å². The van der Waals surface area contributed by atoms with Crippen molar-refractivity contribution < 1.29 is 4.21 Å². The van der Waals surface area contributed by atoms with Crippen LogP contribution in [0.1, 0.15) is 25.7 Å². The van der Waals surface area contributed by atoms with E-state index in [1.54, 1.807) is 6.26 Å². The maximum Gasteiger partial charge on any atom is 0.0584 e. The van der Waals surface area contributed by atoms with Crippen LogP contribution in [-0.2, 0) is 10.8 Å². The minimum atomic E-state index is -0.627. The topological polar surface area (TPSA) is 29.4 Å². The van der Waals surface area contributed by atoms with Crippen LogP contribution >= 0.6 is 12.2 Å². The van der Waals surface area contributed by atoms with Gasteiger partial charge in [0.25, 0.3) is 0 Å². The van der Waals surface area contributed by atoms with E-state index >= 15 is 0 Å². The molecule has 12 heavy (non-hydrogen) atoms. The lowest BCUT2D eigenvalue weighted by Crippen LogP contribution is -1.93. The van der Waals surface area contributed by atoms with Gasteiger partial charge in [-0.25, -0.2) is 4.99 Å². The zero-order valence-corrected chi connectivity index (χ0v) is 9.05. The van der Waals surface area contributed by atoms with E-state index in [1.165, 1.54) is 0 Å². The second kappa shape index (κ2) is 9.04. The van der Waals surface area contributed by atoms with E-state index < -0.39 is 10.8 Å². The Bertz CT molecular complexity index is 170. The molecule has 0 radical (unpaired) electrons. The first-order valence-corrected chi connectivity index (χ1v) is 6.24. The first-order chi connectivity index (χ1) is 5.77. The standard InChI is InChI=1S/C8H15NOS2/c1-12(10)7-5-3-2-4-6-9-8-11/h2-7H2,1H3/t12-/m0/s1. The summed E-state index contributed by atoms with van der Waals surface area (Å²) in [5, 5.41) is 2.34. The predicted molar refractivity (Wildman–Crippen MR) is 57.3 cm³/mol. The quantitative estimate of drug-likeness (QED) is 0.361. The fraction of sp³-hybridized carbons (Fsp3) is 0.875. The zero-order valence-electron chi connectivity index (χ0n) is 7.41. The van der Waals surface area contributed by atoms with Crippen molar-refractivity contribution in [3.63, 3.8) is 0 Å². The third-order valence-corrected chi connectivity index (χ3v) is 2.51. The Hall–Kier alpha value is -0.0500. The second-order valence-electron chi connectivity index (χ2n) is 2.66. The maximum absolute atomic E-state index is 10.6. The monoisotopic (exact) mass is 205 g/mol. The van der Waals surface area contributed by atoms with E-state index in [0.717, 1.165) is 38.0 Å². The number of rotatable bonds is 7. The van der Waals surface area contributed by atoms with Crippen LogP contribution in [0, 0.1) is 0 Å². The Balaban J connectivity index is 3.00. The highest BCUT2D eigenvalue weighted by Crippen LogP contribution is 2.00. The molecule has 0 N–H and O–H groups in total. The van der Waals surface area contributed by atoms with Crippen molar-refractivity contribution in [3.05, 3.63) is 0 Å². The fourth-order valence-electron chi connectivity index (χ4n) is 0.895. The molecule has 0 saturated carbocycles. The number of unbranched alkanes of at least 4 members (excludes halogenated alkanes) is 3. The highest BCUT2D eigenvalue weighted by Gasteiger charge is 1.91. The molecule has 0 unspecified atom stereocenters. The van der Waals surface area contributed by atoms with Crippen LogP contribution in [0.15, 0.2) is 4.99 Å². The van der Waals surface area contributed by atoms with E-state index in [4.69, 9.17) is 0 Å². The minimum absolute atomic E-state index is 0.627. The molecule has 0 rings (SSSR count). The van der Waals surface area contributed by atoms with Gasteiger partial charge in [0.15, 0.2) is 0 Å². The van der Waals surface area contributed by atoms with Crippen LogP contribution in [-0.4, -0.2) is 27.9 Å². The number of aliphatic imine (C=N–C) groups is 1. The Morgan fingerprint density at radius 3 is 2.58 bits per heavy atom. The molecule has 0 bridgehead atoms. The Morgan fingerprint density at radius 1 is 1.33 bits per heavy atom. The molecule has 4 heteroatoms. The summed E-state index contributed by atoms with van der Waals surface area (Å²) >= 11 is 4.43. The number of isothiocyanates is 1. The molecule has 0 fully saturated rings. The van der Waals surface area contributed by atoms with Crippen LogP contribution in [0.25, 0.3) is 0 Å². The van der Waals surface area contributed by atoms with Gasteiger partial charge in [-0.2, -0.15) is 0 Å². The number of hydrogen-bond acceptors (Lipinski definition) is 3. The van der Waals surface area contributed by atoms with Crippen LogP contribution in [0.3, 0.4) is 0 Å². The van der Waals surface area contributed by atoms with E-state index in [9.17, 15) is 4.21 Å². The highest BCUT2D eigenvalue weighted by molar-refractivity contribution is 7.84. The lowest BCUT2D eigenvalue weighted by atomic mass is 10.2. The Morgan fingerprint density at radius 2 is 2.00 bits per heavy atom. The van der Waals surface area contributed by atoms with Gasteiger partial charge in [-0.15, -0.1) is 0 Å². The van der Waals surface area contributed by atoms with Crippen LogP contribution in [0.4, 0.5) is 0 Å². The summed E-state index contributed by atoms with van der Waals surface area (Å²) in [6.45, 7) is 0.790. The fourth-order valence-corrected chi connectivity index (χ4v) is 1.60. The molecule has 2 nitrogen and oxygen atoms in total. The third kappa shape index (κ3) is 9.95. The van der Waals surface area contributed by atoms with Crippen molar-refractivity contribution in [2.45, 2.75) is 25.7 Å². The normalized spacial score (nSPS) is 12.1. The van der Waals surface area contributed by atoms with Crippen molar-refractivity contribution in [2.24, 2.45) is 4.99 Å². The van der Waals surface area contributed by atoms with Crippen molar-refractivity contribution in [3.8, 4) is 0 Å². The van der Waals surface area contributed by atoms with Gasteiger partial charge in [-0.3, -0.25) is 4.21 Å². The average Bonchev–Trinajstić information content (AvgIpc) is 2.02. The molecule has 70 valence electrons. The molecule has 0 spiro atoms. The third-order valence-electron chi connectivity index (χ3n) is 1.52. The molecule has 0 aliphatic rings. The number of thiocarbonyl (C=S) groups is 1. The number of hydrogen-bond donors (Lipinski definition) is 0. The molecular weight excluding hydrogens is 190 g/mol. The Kier molecular flexibility index (Phi) is 9.00. The first-order valence-electron chi connectivity index (χ1n) is 4.11. The van der Waals surface area contributed by atoms with Crippen molar-refractivity contribution >= 4 is 28.2 Å². The summed E-state index contributed by atoms with van der Waals surface area (Å²) in [6, 6.07) is 0. The van der Waals surface area contributed by atoms with Gasteiger partial charge in [0.2, 0.25) is 0 Å². The van der Waals surface area contributed by atoms with Crippen LogP contribution in [0.2, 0.25) is 0 Å². The molecular formula is C8H15NOS2. The van der Waals surface area contributed by atoms with Gasteiger partial charge in [0, 0.05) is 29.4 Å². The smallest absolute Gasteiger partial charge is 0.0584 e. The van der Waals surface area contributed by atoms with Crippen molar-refractivity contribution in [2.75, 3.05) is 18.6 Å². The van der Waals surface area contributed by atoms with Crippen molar-refractivity contribution in [1.82, 2.24) is 0 Å². The summed E-state index contributed by atoms with van der Waals surface area (Å²) in [5.41, 5.74) is 0. The summed E-state index contributed by atoms with van der Waals surface area (Å²) in [4.78, 5) is 3.81. The SMILES string of the molecule is C[S@](=O)CCCCCCN=C=S. The largest absolute Gasteiger partial charge is 0.260 e. The first kappa shape index (κ1) is 11.9. The maximum atomic E-state index is 10.6. The molecule has 0 heterocycles. The molecule has 0 aromatic carbocycles. The van der Waals surface area contributed by atoms with E-state index in [2.05, 4.69) is 22.4 Å². The summed E-state index contributed by atoms with van der Waals surface area (Å²) in [7, 11) is -0.627. The van der Waals surface area contributed by atoms with E-state index in [-0.39, 0.29) is 0 Å². The van der Waals surface area contributed by atoms with Crippen LogP contribution < -0.4 is 0 Å². The van der Waals surface area contributed by atoms with Crippen molar-refractivity contribution in [1.29, 1.82) is 0 Å².